The van der Waals surface area contributed by atoms with E-state index >= 15 is 0 Å². The molecule has 2 atom stereocenters. The van der Waals surface area contributed by atoms with E-state index < -0.39 is 9.84 Å². The molecule has 132 valence electrons. The molecular weight excluding hydrogens is 334 g/mol. The van der Waals surface area contributed by atoms with Gasteiger partial charge in [0.2, 0.25) is 5.91 Å². The Morgan fingerprint density at radius 3 is 2.48 bits per heavy atom. The maximum atomic E-state index is 12.8. The molecule has 0 saturated heterocycles. The van der Waals surface area contributed by atoms with Crippen LogP contribution in [0.25, 0.3) is 0 Å². The molecule has 0 bridgehead atoms. The first-order valence-corrected chi connectivity index (χ1v) is 10.4. The van der Waals surface area contributed by atoms with Gasteiger partial charge in [0, 0.05) is 6.26 Å². The molecule has 0 fully saturated rings. The van der Waals surface area contributed by atoms with Crippen molar-refractivity contribution >= 4 is 15.7 Å². The highest BCUT2D eigenvalue weighted by molar-refractivity contribution is 7.90. The van der Waals surface area contributed by atoms with Crippen molar-refractivity contribution in [1.29, 1.82) is 0 Å². The summed E-state index contributed by atoms with van der Waals surface area (Å²) < 4.78 is 23.1. The molecule has 0 heterocycles. The minimum absolute atomic E-state index is 0.0341. The summed E-state index contributed by atoms with van der Waals surface area (Å²) in [5, 5.41) is 3.08. The van der Waals surface area contributed by atoms with Gasteiger partial charge < -0.3 is 5.32 Å². The molecule has 1 amide bonds. The SMILES string of the molecule is CC(NC(=O)C1CCCc2ccccc21)c1ccc(S(C)(=O)=O)cc1. The van der Waals surface area contributed by atoms with Gasteiger partial charge in [-0.3, -0.25) is 4.79 Å². The fraction of sp³-hybridized carbons (Fsp3) is 0.350. The van der Waals surface area contributed by atoms with E-state index in [2.05, 4.69) is 11.4 Å². The lowest BCUT2D eigenvalue weighted by Gasteiger charge is -2.26. The predicted molar refractivity (Wildman–Crippen MR) is 98.2 cm³/mol. The van der Waals surface area contributed by atoms with Gasteiger partial charge in [-0.1, -0.05) is 36.4 Å². The van der Waals surface area contributed by atoms with E-state index in [4.69, 9.17) is 0 Å². The summed E-state index contributed by atoms with van der Waals surface area (Å²) >= 11 is 0. The Labute approximate surface area is 149 Å². The van der Waals surface area contributed by atoms with Crippen molar-refractivity contribution in [3.8, 4) is 0 Å². The quantitative estimate of drug-likeness (QED) is 0.912. The second-order valence-electron chi connectivity index (χ2n) is 6.72. The van der Waals surface area contributed by atoms with Crippen LogP contribution in [0.4, 0.5) is 0 Å². The number of hydrogen-bond donors (Lipinski definition) is 1. The molecule has 0 aliphatic heterocycles. The third kappa shape index (κ3) is 3.93. The molecule has 0 saturated carbocycles. The van der Waals surface area contributed by atoms with Gasteiger partial charge in [-0.25, -0.2) is 8.42 Å². The van der Waals surface area contributed by atoms with Gasteiger partial charge in [0.15, 0.2) is 9.84 Å². The van der Waals surface area contributed by atoms with Gasteiger partial charge in [-0.15, -0.1) is 0 Å². The zero-order valence-electron chi connectivity index (χ0n) is 14.5. The van der Waals surface area contributed by atoms with Crippen LogP contribution in [-0.4, -0.2) is 20.6 Å². The lowest BCUT2D eigenvalue weighted by molar-refractivity contribution is -0.123. The third-order valence-electron chi connectivity index (χ3n) is 4.85. The smallest absolute Gasteiger partial charge is 0.228 e. The summed E-state index contributed by atoms with van der Waals surface area (Å²) in [7, 11) is -3.21. The topological polar surface area (TPSA) is 63.2 Å². The average Bonchev–Trinajstić information content (AvgIpc) is 2.60. The van der Waals surface area contributed by atoms with E-state index in [0.29, 0.717) is 0 Å². The van der Waals surface area contributed by atoms with Crippen LogP contribution in [0, 0.1) is 0 Å². The van der Waals surface area contributed by atoms with Crippen LogP contribution in [0.15, 0.2) is 53.4 Å². The van der Waals surface area contributed by atoms with Crippen LogP contribution < -0.4 is 5.32 Å². The lowest BCUT2D eigenvalue weighted by atomic mass is 9.82. The summed E-state index contributed by atoms with van der Waals surface area (Å²) in [4.78, 5) is 13.1. The molecule has 2 unspecified atom stereocenters. The Kier molecular flexibility index (Phi) is 4.95. The van der Waals surface area contributed by atoms with Crippen LogP contribution in [0.3, 0.4) is 0 Å². The Morgan fingerprint density at radius 2 is 1.80 bits per heavy atom. The van der Waals surface area contributed by atoms with E-state index in [1.807, 2.05) is 25.1 Å². The van der Waals surface area contributed by atoms with E-state index in [1.54, 1.807) is 24.3 Å². The van der Waals surface area contributed by atoms with E-state index in [1.165, 1.54) is 11.8 Å². The fourth-order valence-electron chi connectivity index (χ4n) is 3.43. The summed E-state index contributed by atoms with van der Waals surface area (Å²) in [6.45, 7) is 1.92. The minimum Gasteiger partial charge on any atom is -0.349 e. The Balaban J connectivity index is 1.73. The molecule has 2 aromatic carbocycles. The van der Waals surface area contributed by atoms with Crippen LogP contribution >= 0.6 is 0 Å². The molecule has 1 N–H and O–H groups in total. The number of carbonyl (C=O) groups is 1. The molecule has 1 aliphatic carbocycles. The van der Waals surface area contributed by atoms with Gasteiger partial charge in [-0.2, -0.15) is 0 Å². The van der Waals surface area contributed by atoms with Crippen molar-refractivity contribution in [3.05, 3.63) is 65.2 Å². The number of nitrogens with one attached hydrogen (secondary N) is 1. The van der Waals surface area contributed by atoms with Gasteiger partial charge in [0.1, 0.15) is 0 Å². The highest BCUT2D eigenvalue weighted by Crippen LogP contribution is 2.32. The van der Waals surface area contributed by atoms with Crippen molar-refractivity contribution in [1.82, 2.24) is 5.32 Å². The number of sulfone groups is 1. The first-order chi connectivity index (χ1) is 11.9. The Hall–Kier alpha value is -2.14. The van der Waals surface area contributed by atoms with Crippen molar-refractivity contribution in [2.75, 3.05) is 6.26 Å². The van der Waals surface area contributed by atoms with Gasteiger partial charge in [0.05, 0.1) is 16.9 Å². The number of benzene rings is 2. The van der Waals surface area contributed by atoms with E-state index in [0.717, 1.165) is 30.4 Å². The Morgan fingerprint density at radius 1 is 1.12 bits per heavy atom. The summed E-state index contributed by atoms with van der Waals surface area (Å²) in [5.74, 6) is -0.0745. The monoisotopic (exact) mass is 357 g/mol. The third-order valence-corrected chi connectivity index (χ3v) is 5.98. The zero-order chi connectivity index (χ0) is 18.0. The highest BCUT2D eigenvalue weighted by Gasteiger charge is 2.27. The summed E-state index contributed by atoms with van der Waals surface area (Å²) in [6.07, 6.45) is 4.10. The van der Waals surface area contributed by atoms with Gasteiger partial charge in [0.25, 0.3) is 0 Å². The number of amides is 1. The van der Waals surface area contributed by atoms with Crippen molar-refractivity contribution in [2.45, 2.75) is 43.0 Å². The molecular formula is C20H23NO3S. The van der Waals surface area contributed by atoms with Crippen molar-refractivity contribution in [2.24, 2.45) is 0 Å². The largest absolute Gasteiger partial charge is 0.349 e. The maximum absolute atomic E-state index is 12.8. The highest BCUT2D eigenvalue weighted by atomic mass is 32.2. The second-order valence-corrected chi connectivity index (χ2v) is 8.73. The molecule has 25 heavy (non-hydrogen) atoms. The fourth-order valence-corrected chi connectivity index (χ4v) is 4.06. The normalized spacial score (nSPS) is 18.2. The first-order valence-electron chi connectivity index (χ1n) is 8.54. The number of fused-ring (bicyclic) bond motifs is 1. The van der Waals surface area contributed by atoms with Crippen LogP contribution in [0.1, 0.15) is 48.4 Å². The van der Waals surface area contributed by atoms with Crippen LogP contribution in [-0.2, 0) is 21.1 Å². The number of rotatable bonds is 4. The lowest BCUT2D eigenvalue weighted by Crippen LogP contribution is -2.33. The number of carbonyl (C=O) groups excluding carboxylic acids is 1. The van der Waals surface area contributed by atoms with Crippen LogP contribution in [0.5, 0.6) is 0 Å². The molecule has 3 rings (SSSR count). The average molecular weight is 357 g/mol. The first kappa shape index (κ1) is 17.7. The standard InChI is InChI=1S/C20H23NO3S/c1-14(15-10-12-17(13-11-15)25(2,23)24)21-20(22)19-9-5-7-16-6-3-4-8-18(16)19/h3-4,6,8,10-14,19H,5,7,9H2,1-2H3,(H,21,22). The summed E-state index contributed by atoms with van der Waals surface area (Å²) in [5.41, 5.74) is 3.29. The van der Waals surface area contributed by atoms with Gasteiger partial charge >= 0.3 is 0 Å². The number of aryl methyl sites for hydroxylation is 1. The molecule has 1 aliphatic rings. The summed E-state index contributed by atoms with van der Waals surface area (Å²) in [6, 6.07) is 14.7. The molecule has 2 aromatic rings. The minimum atomic E-state index is -3.21. The molecule has 0 spiro atoms. The Bertz CT molecular complexity index is 872. The molecule has 0 radical (unpaired) electrons. The molecule has 0 aromatic heterocycles. The molecule has 5 heteroatoms. The van der Waals surface area contributed by atoms with E-state index in [-0.39, 0.29) is 22.8 Å². The second kappa shape index (κ2) is 7.00. The van der Waals surface area contributed by atoms with Crippen molar-refractivity contribution < 1.29 is 13.2 Å². The molecule has 4 nitrogen and oxygen atoms in total. The predicted octanol–water partition coefficient (Wildman–Crippen LogP) is 3.39. The van der Waals surface area contributed by atoms with E-state index in [9.17, 15) is 13.2 Å². The van der Waals surface area contributed by atoms with Gasteiger partial charge in [-0.05, 0) is 55.0 Å². The van der Waals surface area contributed by atoms with Crippen molar-refractivity contribution in [3.63, 3.8) is 0 Å². The number of hydrogen-bond acceptors (Lipinski definition) is 3. The maximum Gasteiger partial charge on any atom is 0.228 e. The zero-order valence-corrected chi connectivity index (χ0v) is 15.3. The van der Waals surface area contributed by atoms with Crippen LogP contribution in [0.2, 0.25) is 0 Å².